The number of ether oxygens (including phenoxy) is 9. The summed E-state index contributed by atoms with van der Waals surface area (Å²) < 4.78 is 56.6. The fourth-order valence-corrected chi connectivity index (χ4v) is 12.2. The summed E-state index contributed by atoms with van der Waals surface area (Å²) in [4.78, 5) is 48.9. The third-order valence-electron chi connectivity index (χ3n) is 16.7. The van der Waals surface area contributed by atoms with Gasteiger partial charge in [0.25, 0.3) is 0 Å². The SMILES string of the molecule is CC[C@@H]1OC(=O)[C@H](C)[C@@H](O[C@H]2C[C@@](C)(OC)[C@@H](OC(C)=O)[C@H](C)O2)[C@H](C)[C@@H](O[C@@H]2O[C@H](C)C[C@H](N(C)C)[C@H]2OC(=O)NNCc2ccc(OC)cc2)C(C)(O)C[C@@H](C)/C(=N\OCCCC2CCCCC2)[C@@H](C)[C@@H](O)[C@]1(C)O. The molecule has 0 radical (unpaired) electrons. The molecule has 1 saturated carbocycles. The highest BCUT2D eigenvalue weighted by Crippen LogP contribution is 2.42. The number of nitrogens with one attached hydrogen (secondary N) is 2. The van der Waals surface area contributed by atoms with Gasteiger partial charge in [-0.25, -0.2) is 10.2 Å². The lowest BCUT2D eigenvalue weighted by molar-refractivity contribution is -0.318. The number of likely N-dealkylation sites (N-methyl/N-ethyl adjacent to an activating group) is 1. The molecule has 5 N–H and O–H groups in total. The zero-order valence-electron chi connectivity index (χ0n) is 48.8. The fourth-order valence-electron chi connectivity index (χ4n) is 12.2. The molecule has 0 aromatic heterocycles. The number of methoxy groups -OCH3 is 2. The Bertz CT molecular complexity index is 2040. The molecule has 4 aliphatic rings. The van der Waals surface area contributed by atoms with Gasteiger partial charge in [-0.15, -0.1) is 0 Å². The largest absolute Gasteiger partial charge is 0.497 e. The Morgan fingerprint density at radius 3 is 2.17 bits per heavy atom. The monoisotopic (exact) mass is 1090 g/mol. The van der Waals surface area contributed by atoms with Gasteiger partial charge in [-0.05, 0) is 111 Å². The molecule has 1 aromatic rings. The smallest absolute Gasteiger partial charge is 0.422 e. The van der Waals surface area contributed by atoms with E-state index in [1.807, 2.05) is 57.1 Å². The van der Waals surface area contributed by atoms with Crippen molar-refractivity contribution >= 4 is 23.7 Å². The van der Waals surface area contributed by atoms with E-state index in [0.29, 0.717) is 30.4 Å². The first-order chi connectivity index (χ1) is 36.3. The molecular weight excluding hydrogens is 997 g/mol. The summed E-state index contributed by atoms with van der Waals surface area (Å²) in [5.41, 5.74) is 1.89. The number of oxime groups is 1. The lowest BCUT2D eigenvalue weighted by atomic mass is 9.73. The number of benzene rings is 1. The van der Waals surface area contributed by atoms with Crippen LogP contribution in [0.15, 0.2) is 29.4 Å². The first-order valence-corrected chi connectivity index (χ1v) is 28.1. The molecule has 0 bridgehead atoms. The van der Waals surface area contributed by atoms with Crippen LogP contribution in [0.25, 0.3) is 0 Å². The summed E-state index contributed by atoms with van der Waals surface area (Å²) in [6.07, 6.45) is -2.81. The van der Waals surface area contributed by atoms with Crippen molar-refractivity contribution in [1.29, 1.82) is 0 Å². The van der Waals surface area contributed by atoms with E-state index in [0.717, 1.165) is 18.4 Å². The minimum atomic E-state index is -1.98. The van der Waals surface area contributed by atoms with Crippen LogP contribution in [0, 0.1) is 29.6 Å². The quantitative estimate of drug-likeness (QED) is 0.0431. The van der Waals surface area contributed by atoms with Gasteiger partial charge in [-0.3, -0.25) is 15.0 Å². The van der Waals surface area contributed by atoms with Gasteiger partial charge in [0, 0.05) is 44.8 Å². The number of amides is 1. The normalized spacial score (nSPS) is 38.6. The van der Waals surface area contributed by atoms with Crippen LogP contribution < -0.4 is 15.6 Å². The summed E-state index contributed by atoms with van der Waals surface area (Å²) in [6, 6.07) is 6.94. The maximum Gasteiger partial charge on any atom is 0.422 e. The van der Waals surface area contributed by atoms with Gasteiger partial charge in [0.1, 0.15) is 29.7 Å². The average Bonchev–Trinajstić information content (AvgIpc) is 3.38. The predicted molar refractivity (Wildman–Crippen MR) is 287 cm³/mol. The summed E-state index contributed by atoms with van der Waals surface area (Å²) >= 11 is 0. The number of nitrogens with zero attached hydrogens (tertiary/aromatic N) is 2. The van der Waals surface area contributed by atoms with E-state index in [9.17, 15) is 29.7 Å². The fraction of sp³-hybridized carbons (Fsp3) is 0.825. The summed E-state index contributed by atoms with van der Waals surface area (Å²) in [5, 5.41) is 42.5. The summed E-state index contributed by atoms with van der Waals surface area (Å²) in [5.74, 6) is -3.49. The van der Waals surface area contributed by atoms with E-state index in [2.05, 4.69) is 10.9 Å². The number of carbonyl (C=O) groups excluding carboxylic acids is 3. The van der Waals surface area contributed by atoms with E-state index < -0.39 is 126 Å². The number of hydrazine groups is 1. The number of cyclic esters (lactones) is 1. The van der Waals surface area contributed by atoms with Crippen molar-refractivity contribution in [3.05, 3.63) is 29.8 Å². The van der Waals surface area contributed by atoms with E-state index in [4.69, 9.17) is 52.6 Å². The Labute approximate surface area is 458 Å². The van der Waals surface area contributed by atoms with E-state index >= 15 is 0 Å². The molecule has 440 valence electrons. The Hall–Kier alpha value is -3.70. The molecule has 18 atom stereocenters. The van der Waals surface area contributed by atoms with E-state index in [1.165, 1.54) is 53.1 Å². The maximum atomic E-state index is 14.8. The number of rotatable bonds is 18. The molecule has 20 heteroatoms. The lowest BCUT2D eigenvalue weighted by Crippen LogP contribution is -2.62. The second-order valence-corrected chi connectivity index (χ2v) is 23.4. The zero-order valence-corrected chi connectivity index (χ0v) is 48.8. The first kappa shape index (κ1) is 64.1. The highest BCUT2D eigenvalue weighted by Gasteiger charge is 2.55. The van der Waals surface area contributed by atoms with Crippen LogP contribution in [0.4, 0.5) is 4.79 Å². The number of aliphatic hydroxyl groups excluding tert-OH is 1. The van der Waals surface area contributed by atoms with Crippen molar-refractivity contribution in [2.24, 2.45) is 34.7 Å². The number of carbonyl (C=O) groups is 3. The number of esters is 2. The van der Waals surface area contributed by atoms with Crippen molar-refractivity contribution in [2.75, 3.05) is 34.9 Å². The second-order valence-electron chi connectivity index (χ2n) is 23.4. The van der Waals surface area contributed by atoms with Crippen LogP contribution in [0.1, 0.15) is 152 Å². The first-order valence-electron chi connectivity index (χ1n) is 28.1. The van der Waals surface area contributed by atoms with Crippen LogP contribution in [-0.4, -0.2) is 163 Å². The topological polar surface area (TPSA) is 244 Å². The molecule has 3 saturated heterocycles. The van der Waals surface area contributed by atoms with Gasteiger partial charge in [0.05, 0.1) is 60.9 Å². The van der Waals surface area contributed by atoms with Crippen LogP contribution in [0.2, 0.25) is 0 Å². The van der Waals surface area contributed by atoms with Crippen molar-refractivity contribution in [2.45, 2.75) is 238 Å². The van der Waals surface area contributed by atoms with Gasteiger partial charge in [0.2, 0.25) is 0 Å². The third-order valence-corrected chi connectivity index (χ3v) is 16.7. The Morgan fingerprint density at radius 1 is 0.883 bits per heavy atom. The van der Waals surface area contributed by atoms with Crippen molar-refractivity contribution < 1.29 is 77.2 Å². The van der Waals surface area contributed by atoms with E-state index in [-0.39, 0.29) is 25.8 Å². The van der Waals surface area contributed by atoms with Crippen LogP contribution in [0.3, 0.4) is 0 Å². The van der Waals surface area contributed by atoms with Gasteiger partial charge < -0.3 is 67.7 Å². The van der Waals surface area contributed by atoms with Gasteiger partial charge in [-0.2, -0.15) is 0 Å². The van der Waals surface area contributed by atoms with Crippen molar-refractivity contribution in [3.8, 4) is 5.75 Å². The minimum absolute atomic E-state index is 0.0440. The minimum Gasteiger partial charge on any atom is -0.497 e. The molecule has 4 fully saturated rings. The summed E-state index contributed by atoms with van der Waals surface area (Å²) in [6.45, 7) is 19.2. The highest BCUT2D eigenvalue weighted by molar-refractivity contribution is 5.88. The number of hydrogen-bond acceptors (Lipinski definition) is 19. The molecule has 0 spiro atoms. The molecule has 20 nitrogen and oxygen atoms in total. The Balaban J connectivity index is 1.58. The van der Waals surface area contributed by atoms with Gasteiger partial charge in [0.15, 0.2) is 24.8 Å². The van der Waals surface area contributed by atoms with Crippen molar-refractivity contribution in [1.82, 2.24) is 15.8 Å². The van der Waals surface area contributed by atoms with E-state index in [1.54, 1.807) is 55.6 Å². The second kappa shape index (κ2) is 28.6. The predicted octanol–water partition coefficient (Wildman–Crippen LogP) is 6.97. The zero-order chi connectivity index (χ0) is 57.0. The molecule has 77 heavy (non-hydrogen) atoms. The highest BCUT2D eigenvalue weighted by atomic mass is 16.7. The van der Waals surface area contributed by atoms with Gasteiger partial charge in [-0.1, -0.05) is 77.1 Å². The Morgan fingerprint density at radius 2 is 1.56 bits per heavy atom. The lowest BCUT2D eigenvalue weighted by Gasteiger charge is -2.49. The molecule has 5 rings (SSSR count). The molecule has 1 aromatic carbocycles. The average molecular weight is 1090 g/mol. The van der Waals surface area contributed by atoms with Crippen LogP contribution in [0.5, 0.6) is 5.75 Å². The van der Waals surface area contributed by atoms with Crippen molar-refractivity contribution in [3.63, 3.8) is 0 Å². The van der Waals surface area contributed by atoms with Gasteiger partial charge >= 0.3 is 18.0 Å². The molecule has 1 unspecified atom stereocenters. The number of aliphatic hydroxyl groups is 3. The van der Waals surface area contributed by atoms with Crippen LogP contribution >= 0.6 is 0 Å². The standard InChI is InChI=1S/C57H96N4O16/c1-16-44-57(11,67)49(63)35(4)46(60-70-28-20-23-40-21-18-17-19-22-40)33(2)30-55(9,66)50(36(5)47(37(6)52(64)74-44)75-45-31-56(10,69-15)51(38(7)72-45)73-39(8)62)77-53-48(43(61(12)13)29-34(3)71-53)76-54(65)59-58-32-41-24-26-42(68-14)27-25-41/h24-27,33-38,40,43-45,47-51,53,58,63,66-67H,16-23,28-32H2,1-15H3,(H,59,65)/b60-46+/t33-,34-,35-,36+,37-,38+,43+,44+,45+,47+,48-,49-,50-,51+,53+,55?,56-,57-/m1/s1. The molecular formula is C57H96N4O16. The third kappa shape index (κ3) is 16.9. The summed E-state index contributed by atoms with van der Waals surface area (Å²) in [7, 11) is 6.83. The number of hydrogen-bond donors (Lipinski definition) is 5. The Kier molecular flexibility index (Phi) is 23.8. The maximum absolute atomic E-state index is 14.8. The molecule has 3 heterocycles. The molecule has 1 amide bonds. The molecule has 1 aliphatic carbocycles. The van der Waals surface area contributed by atoms with Crippen LogP contribution in [-0.2, 0) is 58.9 Å². The molecule has 3 aliphatic heterocycles.